The second-order valence-corrected chi connectivity index (χ2v) is 5.06. The summed E-state index contributed by atoms with van der Waals surface area (Å²) in [5.41, 5.74) is 7.36. The lowest BCUT2D eigenvalue weighted by Gasteiger charge is -2.21. The Hall–Kier alpha value is -1.20. The smallest absolute Gasteiger partial charge is 0.122 e. The number of likely N-dealkylation sites (N-methyl/N-ethyl adjacent to an activating group) is 1. The van der Waals surface area contributed by atoms with E-state index in [0.717, 1.165) is 18.8 Å². The molecule has 1 aliphatic rings. The van der Waals surface area contributed by atoms with Crippen LogP contribution in [0.2, 0.25) is 0 Å². The second kappa shape index (κ2) is 4.98. The standard InChI is InChI=1S/C12H18N4S/c1-15(2)10-5-6-16(8-10)9-3-4-11(12(13)17)14-7-9/h3-4,7,10H,5-6,8H2,1-2H3,(H2,13,17). The van der Waals surface area contributed by atoms with E-state index in [1.807, 2.05) is 18.3 Å². The van der Waals surface area contributed by atoms with E-state index in [1.54, 1.807) is 0 Å². The van der Waals surface area contributed by atoms with E-state index >= 15 is 0 Å². The molecule has 0 spiro atoms. The highest BCUT2D eigenvalue weighted by Gasteiger charge is 2.24. The SMILES string of the molecule is CN(C)C1CCN(c2ccc(C(N)=S)nc2)C1. The Balaban J connectivity index is 2.06. The van der Waals surface area contributed by atoms with Crippen LogP contribution in [-0.2, 0) is 0 Å². The predicted octanol–water partition coefficient (Wildman–Crippen LogP) is 0.856. The highest BCUT2D eigenvalue weighted by Crippen LogP contribution is 2.21. The molecule has 0 amide bonds. The van der Waals surface area contributed by atoms with Crippen LogP contribution in [0.3, 0.4) is 0 Å². The summed E-state index contributed by atoms with van der Waals surface area (Å²) in [5, 5.41) is 0. The molecule has 1 fully saturated rings. The van der Waals surface area contributed by atoms with E-state index in [0.29, 0.717) is 16.7 Å². The Morgan fingerprint density at radius 1 is 1.53 bits per heavy atom. The van der Waals surface area contributed by atoms with Crippen molar-refractivity contribution in [3.8, 4) is 0 Å². The molecule has 0 aromatic carbocycles. The van der Waals surface area contributed by atoms with Crippen molar-refractivity contribution in [2.24, 2.45) is 5.73 Å². The van der Waals surface area contributed by atoms with Crippen molar-refractivity contribution in [2.45, 2.75) is 12.5 Å². The van der Waals surface area contributed by atoms with Crippen LogP contribution < -0.4 is 10.6 Å². The first kappa shape index (κ1) is 12.3. The Morgan fingerprint density at radius 2 is 2.29 bits per heavy atom. The molecule has 1 aliphatic heterocycles. The van der Waals surface area contributed by atoms with Gasteiger partial charge in [0.15, 0.2) is 0 Å². The van der Waals surface area contributed by atoms with Gasteiger partial charge in [-0.25, -0.2) is 0 Å². The van der Waals surface area contributed by atoms with Gasteiger partial charge in [-0.3, -0.25) is 4.98 Å². The molecule has 2 rings (SSSR count). The number of anilines is 1. The third-order valence-corrected chi connectivity index (χ3v) is 3.47. The summed E-state index contributed by atoms with van der Waals surface area (Å²) in [6.45, 7) is 2.14. The quantitative estimate of drug-likeness (QED) is 0.806. The number of nitrogens with two attached hydrogens (primary N) is 1. The molecule has 0 aliphatic carbocycles. The summed E-state index contributed by atoms with van der Waals surface area (Å²) in [5.74, 6) is 0. The van der Waals surface area contributed by atoms with Crippen molar-refractivity contribution in [3.05, 3.63) is 24.0 Å². The van der Waals surface area contributed by atoms with Crippen LogP contribution in [0.4, 0.5) is 5.69 Å². The van der Waals surface area contributed by atoms with Gasteiger partial charge >= 0.3 is 0 Å². The van der Waals surface area contributed by atoms with Gasteiger partial charge in [0.2, 0.25) is 0 Å². The van der Waals surface area contributed by atoms with E-state index in [4.69, 9.17) is 18.0 Å². The molecule has 92 valence electrons. The molecule has 4 nitrogen and oxygen atoms in total. The molecule has 1 atom stereocenters. The molecular formula is C12H18N4S. The number of nitrogens with zero attached hydrogens (tertiary/aromatic N) is 3. The van der Waals surface area contributed by atoms with Crippen molar-refractivity contribution in [1.29, 1.82) is 0 Å². The number of hydrogen-bond donors (Lipinski definition) is 1. The average Bonchev–Trinajstić information content (AvgIpc) is 2.78. The van der Waals surface area contributed by atoms with Gasteiger partial charge in [-0.05, 0) is 32.6 Å². The normalized spacial score (nSPS) is 19.9. The minimum atomic E-state index is 0.351. The van der Waals surface area contributed by atoms with Crippen LogP contribution in [0.5, 0.6) is 0 Å². The van der Waals surface area contributed by atoms with Gasteiger partial charge in [0.1, 0.15) is 4.99 Å². The minimum Gasteiger partial charge on any atom is -0.388 e. The van der Waals surface area contributed by atoms with Gasteiger partial charge in [-0.1, -0.05) is 12.2 Å². The first-order valence-corrected chi connectivity index (χ1v) is 6.16. The fraction of sp³-hybridized carbons (Fsp3) is 0.500. The zero-order chi connectivity index (χ0) is 12.4. The molecule has 0 bridgehead atoms. The van der Waals surface area contributed by atoms with Crippen LogP contribution in [-0.4, -0.2) is 48.1 Å². The van der Waals surface area contributed by atoms with E-state index in [1.165, 1.54) is 6.42 Å². The van der Waals surface area contributed by atoms with Gasteiger partial charge in [-0.2, -0.15) is 0 Å². The van der Waals surface area contributed by atoms with Crippen LogP contribution in [0.25, 0.3) is 0 Å². The molecule has 1 saturated heterocycles. The molecule has 1 unspecified atom stereocenters. The van der Waals surface area contributed by atoms with Gasteiger partial charge in [0, 0.05) is 19.1 Å². The lowest BCUT2D eigenvalue weighted by Crippen LogP contribution is -2.31. The molecule has 0 saturated carbocycles. The highest BCUT2D eigenvalue weighted by molar-refractivity contribution is 7.80. The Bertz CT molecular complexity index is 401. The Morgan fingerprint density at radius 3 is 2.76 bits per heavy atom. The van der Waals surface area contributed by atoms with E-state index in [-0.39, 0.29) is 0 Å². The van der Waals surface area contributed by atoms with Gasteiger partial charge in [-0.15, -0.1) is 0 Å². The van der Waals surface area contributed by atoms with Crippen molar-refractivity contribution < 1.29 is 0 Å². The maximum atomic E-state index is 5.53. The number of pyridine rings is 1. The zero-order valence-corrected chi connectivity index (χ0v) is 11.1. The highest BCUT2D eigenvalue weighted by atomic mass is 32.1. The minimum absolute atomic E-state index is 0.351. The van der Waals surface area contributed by atoms with Gasteiger partial charge in [0.25, 0.3) is 0 Å². The fourth-order valence-corrected chi connectivity index (χ4v) is 2.24. The molecule has 1 aromatic heterocycles. The number of rotatable bonds is 3. The molecular weight excluding hydrogens is 232 g/mol. The molecule has 0 radical (unpaired) electrons. The van der Waals surface area contributed by atoms with Crippen molar-refractivity contribution in [1.82, 2.24) is 9.88 Å². The molecule has 17 heavy (non-hydrogen) atoms. The van der Waals surface area contributed by atoms with E-state index < -0.39 is 0 Å². The number of thiocarbonyl (C=S) groups is 1. The summed E-state index contributed by atoms with van der Waals surface area (Å²) in [7, 11) is 4.25. The van der Waals surface area contributed by atoms with Gasteiger partial charge in [0.05, 0.1) is 17.6 Å². The number of hydrogen-bond acceptors (Lipinski definition) is 4. The summed E-state index contributed by atoms with van der Waals surface area (Å²) >= 11 is 4.89. The molecule has 5 heteroatoms. The maximum Gasteiger partial charge on any atom is 0.122 e. The van der Waals surface area contributed by atoms with Crippen LogP contribution in [0.1, 0.15) is 12.1 Å². The van der Waals surface area contributed by atoms with Crippen molar-refractivity contribution >= 4 is 22.9 Å². The lowest BCUT2D eigenvalue weighted by atomic mass is 10.2. The number of aromatic nitrogens is 1. The predicted molar refractivity (Wildman–Crippen MR) is 74.4 cm³/mol. The van der Waals surface area contributed by atoms with Crippen LogP contribution >= 0.6 is 12.2 Å². The lowest BCUT2D eigenvalue weighted by molar-refractivity contribution is 0.315. The van der Waals surface area contributed by atoms with Crippen molar-refractivity contribution in [3.63, 3.8) is 0 Å². The fourth-order valence-electron chi connectivity index (χ4n) is 2.12. The average molecular weight is 250 g/mol. The monoisotopic (exact) mass is 250 g/mol. The summed E-state index contributed by atoms with van der Waals surface area (Å²) < 4.78 is 0. The van der Waals surface area contributed by atoms with Crippen LogP contribution in [0.15, 0.2) is 18.3 Å². The third-order valence-electron chi connectivity index (χ3n) is 3.26. The van der Waals surface area contributed by atoms with Crippen LogP contribution in [0, 0.1) is 0 Å². The van der Waals surface area contributed by atoms with E-state index in [9.17, 15) is 0 Å². The largest absolute Gasteiger partial charge is 0.388 e. The summed E-state index contributed by atoms with van der Waals surface area (Å²) in [4.78, 5) is 9.25. The topological polar surface area (TPSA) is 45.4 Å². The summed E-state index contributed by atoms with van der Waals surface area (Å²) in [6.07, 6.45) is 3.05. The first-order valence-electron chi connectivity index (χ1n) is 5.75. The Kier molecular flexibility index (Phi) is 3.59. The maximum absolute atomic E-state index is 5.53. The molecule has 1 aromatic rings. The first-order chi connectivity index (χ1) is 8.08. The second-order valence-electron chi connectivity index (χ2n) is 4.62. The van der Waals surface area contributed by atoms with Crippen molar-refractivity contribution in [2.75, 3.05) is 32.1 Å². The Labute approximate surface area is 107 Å². The third kappa shape index (κ3) is 2.73. The zero-order valence-electron chi connectivity index (χ0n) is 10.3. The van der Waals surface area contributed by atoms with E-state index in [2.05, 4.69) is 28.9 Å². The molecule has 2 heterocycles. The summed E-state index contributed by atoms with van der Waals surface area (Å²) in [6, 6.07) is 4.56. The van der Waals surface area contributed by atoms with Gasteiger partial charge < -0.3 is 15.5 Å². The molecule has 2 N–H and O–H groups in total.